The molecule has 0 spiro atoms. The zero-order valence-corrected chi connectivity index (χ0v) is 15.7. The standard InChI is InChI=1S/C21H34O4/c1-3-5-6-7-8-9-17(22)15-21-19(25-21)13-11-16-10-12-18(23)20(14-16)24-4-2/h10,12,14,17,19,21-23H,3-9,11,13,15H2,1-2H3. The Hall–Kier alpha value is -1.26. The zero-order valence-electron chi connectivity index (χ0n) is 15.7. The molecule has 4 heteroatoms. The molecule has 0 radical (unpaired) electrons. The van der Waals surface area contributed by atoms with Crippen LogP contribution in [0.3, 0.4) is 0 Å². The second kappa shape index (κ2) is 10.7. The summed E-state index contributed by atoms with van der Waals surface area (Å²) < 4.78 is 11.1. The Morgan fingerprint density at radius 1 is 1.12 bits per heavy atom. The fourth-order valence-electron chi connectivity index (χ4n) is 3.30. The molecule has 0 amide bonds. The van der Waals surface area contributed by atoms with Gasteiger partial charge in [0, 0.05) is 6.42 Å². The van der Waals surface area contributed by atoms with E-state index < -0.39 is 0 Å². The van der Waals surface area contributed by atoms with Crippen molar-refractivity contribution >= 4 is 0 Å². The van der Waals surface area contributed by atoms with Crippen molar-refractivity contribution in [3.63, 3.8) is 0 Å². The summed E-state index contributed by atoms with van der Waals surface area (Å²) in [7, 11) is 0. The number of phenols is 1. The lowest BCUT2D eigenvalue weighted by Gasteiger charge is -2.09. The van der Waals surface area contributed by atoms with E-state index in [9.17, 15) is 10.2 Å². The van der Waals surface area contributed by atoms with E-state index in [0.717, 1.165) is 37.7 Å². The summed E-state index contributed by atoms with van der Waals surface area (Å²) in [5.74, 6) is 0.736. The molecule has 0 bridgehead atoms. The minimum Gasteiger partial charge on any atom is -0.504 e. The lowest BCUT2D eigenvalue weighted by molar-refractivity contribution is 0.139. The zero-order chi connectivity index (χ0) is 18.1. The highest BCUT2D eigenvalue weighted by atomic mass is 16.6. The molecule has 2 rings (SSSR count). The quantitative estimate of drug-likeness (QED) is 0.403. The number of benzene rings is 1. The van der Waals surface area contributed by atoms with Crippen molar-refractivity contribution in [2.75, 3.05) is 6.61 Å². The summed E-state index contributed by atoms with van der Waals surface area (Å²) in [6, 6.07) is 5.52. The van der Waals surface area contributed by atoms with Gasteiger partial charge >= 0.3 is 0 Å². The fraction of sp³-hybridized carbons (Fsp3) is 0.714. The first-order valence-electron chi connectivity index (χ1n) is 9.92. The Morgan fingerprint density at radius 3 is 2.68 bits per heavy atom. The van der Waals surface area contributed by atoms with Crippen molar-refractivity contribution in [1.29, 1.82) is 0 Å². The Balaban J connectivity index is 1.62. The molecule has 0 aromatic heterocycles. The van der Waals surface area contributed by atoms with Crippen molar-refractivity contribution in [3.05, 3.63) is 23.8 Å². The van der Waals surface area contributed by atoms with Gasteiger partial charge in [0.2, 0.25) is 0 Å². The Morgan fingerprint density at radius 2 is 1.92 bits per heavy atom. The second-order valence-corrected chi connectivity index (χ2v) is 7.08. The average Bonchev–Trinajstić information content (AvgIpc) is 3.33. The summed E-state index contributed by atoms with van der Waals surface area (Å²) >= 11 is 0. The molecule has 4 nitrogen and oxygen atoms in total. The number of phenolic OH excluding ortho intramolecular Hbond substituents is 1. The molecule has 1 aromatic rings. The first kappa shape index (κ1) is 20.1. The van der Waals surface area contributed by atoms with Gasteiger partial charge in [0.25, 0.3) is 0 Å². The Labute approximate surface area is 152 Å². The Bertz CT molecular complexity index is 503. The molecular formula is C21H34O4. The maximum Gasteiger partial charge on any atom is 0.161 e. The molecule has 0 aliphatic carbocycles. The van der Waals surface area contributed by atoms with Crippen molar-refractivity contribution in [2.24, 2.45) is 0 Å². The van der Waals surface area contributed by atoms with E-state index in [4.69, 9.17) is 9.47 Å². The summed E-state index contributed by atoms with van der Waals surface area (Å²) in [6.45, 7) is 4.67. The molecule has 1 fully saturated rings. The van der Waals surface area contributed by atoms with Crippen molar-refractivity contribution in [1.82, 2.24) is 0 Å². The number of aromatic hydroxyl groups is 1. The molecule has 1 heterocycles. The third-order valence-corrected chi connectivity index (χ3v) is 4.87. The topological polar surface area (TPSA) is 62.2 Å². The van der Waals surface area contributed by atoms with Crippen molar-refractivity contribution in [3.8, 4) is 11.5 Å². The van der Waals surface area contributed by atoms with E-state index in [1.54, 1.807) is 6.07 Å². The van der Waals surface area contributed by atoms with Crippen LogP contribution >= 0.6 is 0 Å². The van der Waals surface area contributed by atoms with Crippen molar-refractivity contribution < 1.29 is 19.7 Å². The highest BCUT2D eigenvalue weighted by molar-refractivity contribution is 5.41. The number of aliphatic hydroxyl groups is 1. The van der Waals surface area contributed by atoms with E-state index in [1.165, 1.54) is 25.7 Å². The van der Waals surface area contributed by atoms with Crippen LogP contribution in [0.15, 0.2) is 18.2 Å². The summed E-state index contributed by atoms with van der Waals surface area (Å²) in [5.41, 5.74) is 1.15. The SMILES string of the molecule is CCCCCCCC(O)CC1OC1CCc1ccc(O)c(OCC)c1. The fourth-order valence-corrected chi connectivity index (χ4v) is 3.30. The van der Waals surface area contributed by atoms with E-state index >= 15 is 0 Å². The third-order valence-electron chi connectivity index (χ3n) is 4.87. The number of ether oxygens (including phenoxy) is 2. The number of aryl methyl sites for hydroxylation is 1. The highest BCUT2D eigenvalue weighted by Crippen LogP contribution is 2.33. The first-order valence-corrected chi connectivity index (χ1v) is 9.92. The molecule has 1 aliphatic rings. The van der Waals surface area contributed by atoms with Gasteiger partial charge in [-0.3, -0.25) is 0 Å². The lowest BCUT2D eigenvalue weighted by Crippen LogP contribution is -2.11. The van der Waals surface area contributed by atoms with E-state index in [0.29, 0.717) is 12.4 Å². The van der Waals surface area contributed by atoms with Gasteiger partial charge in [-0.15, -0.1) is 0 Å². The number of unbranched alkanes of at least 4 members (excludes halogenated alkanes) is 4. The molecule has 3 atom stereocenters. The van der Waals surface area contributed by atoms with Crippen LogP contribution in [0.4, 0.5) is 0 Å². The van der Waals surface area contributed by atoms with Gasteiger partial charge in [0.1, 0.15) is 0 Å². The lowest BCUT2D eigenvalue weighted by atomic mass is 10.0. The molecule has 1 aliphatic heterocycles. The number of hydrogen-bond acceptors (Lipinski definition) is 4. The van der Waals surface area contributed by atoms with Gasteiger partial charge in [0.15, 0.2) is 11.5 Å². The molecule has 0 saturated carbocycles. The number of hydrogen-bond donors (Lipinski definition) is 2. The van der Waals surface area contributed by atoms with Crippen LogP contribution in [-0.4, -0.2) is 35.1 Å². The van der Waals surface area contributed by atoms with E-state index in [1.807, 2.05) is 19.1 Å². The number of epoxide rings is 1. The van der Waals surface area contributed by atoms with E-state index in [-0.39, 0.29) is 24.1 Å². The van der Waals surface area contributed by atoms with Gasteiger partial charge in [-0.25, -0.2) is 0 Å². The minimum absolute atomic E-state index is 0.188. The first-order chi connectivity index (χ1) is 12.1. The number of aliphatic hydroxyl groups excluding tert-OH is 1. The van der Waals surface area contributed by atoms with Gasteiger partial charge in [0.05, 0.1) is 24.9 Å². The molecule has 1 saturated heterocycles. The van der Waals surface area contributed by atoms with E-state index in [2.05, 4.69) is 6.92 Å². The van der Waals surface area contributed by atoms with Gasteiger partial charge < -0.3 is 19.7 Å². The van der Waals surface area contributed by atoms with Crippen LogP contribution in [0.5, 0.6) is 11.5 Å². The number of rotatable bonds is 13. The summed E-state index contributed by atoms with van der Waals surface area (Å²) in [5, 5.41) is 19.9. The average molecular weight is 350 g/mol. The molecule has 142 valence electrons. The summed E-state index contributed by atoms with van der Waals surface area (Å²) in [4.78, 5) is 0. The van der Waals surface area contributed by atoms with Crippen LogP contribution in [0.2, 0.25) is 0 Å². The normalized spacial score (nSPS) is 20.4. The van der Waals surface area contributed by atoms with Crippen LogP contribution in [-0.2, 0) is 11.2 Å². The van der Waals surface area contributed by atoms with Crippen LogP contribution in [0, 0.1) is 0 Å². The summed E-state index contributed by atoms with van der Waals surface area (Å²) in [6.07, 6.45) is 9.93. The molecule has 3 unspecified atom stereocenters. The van der Waals surface area contributed by atoms with Gasteiger partial charge in [-0.1, -0.05) is 45.1 Å². The highest BCUT2D eigenvalue weighted by Gasteiger charge is 2.39. The maximum absolute atomic E-state index is 10.1. The predicted octanol–water partition coefficient (Wildman–Crippen LogP) is 4.60. The second-order valence-electron chi connectivity index (χ2n) is 7.08. The third kappa shape index (κ3) is 7.25. The predicted molar refractivity (Wildman–Crippen MR) is 100 cm³/mol. The smallest absolute Gasteiger partial charge is 0.161 e. The van der Waals surface area contributed by atoms with Crippen LogP contribution in [0.25, 0.3) is 0 Å². The Kier molecular flexibility index (Phi) is 8.56. The maximum atomic E-state index is 10.1. The largest absolute Gasteiger partial charge is 0.504 e. The van der Waals surface area contributed by atoms with Crippen LogP contribution < -0.4 is 4.74 Å². The molecule has 25 heavy (non-hydrogen) atoms. The molecule has 1 aromatic carbocycles. The van der Waals surface area contributed by atoms with Gasteiger partial charge in [-0.2, -0.15) is 0 Å². The minimum atomic E-state index is -0.227. The van der Waals surface area contributed by atoms with Crippen LogP contribution in [0.1, 0.15) is 70.8 Å². The van der Waals surface area contributed by atoms with Gasteiger partial charge in [-0.05, 0) is 43.9 Å². The molecular weight excluding hydrogens is 316 g/mol. The monoisotopic (exact) mass is 350 g/mol. The molecule has 2 N–H and O–H groups in total. The van der Waals surface area contributed by atoms with Crippen molar-refractivity contribution in [2.45, 2.75) is 89.9 Å².